The summed E-state index contributed by atoms with van der Waals surface area (Å²) in [6.45, 7) is 8.48. The van der Waals surface area contributed by atoms with Crippen LogP contribution in [0.3, 0.4) is 0 Å². The van der Waals surface area contributed by atoms with E-state index in [1.807, 2.05) is 60.7 Å². The van der Waals surface area contributed by atoms with Crippen molar-refractivity contribution in [2.75, 3.05) is 14.2 Å². The Hall–Kier alpha value is -4.25. The van der Waals surface area contributed by atoms with Crippen LogP contribution in [0.25, 0.3) is 0 Å². The molecule has 1 unspecified atom stereocenters. The van der Waals surface area contributed by atoms with Crippen LogP contribution >= 0.6 is 0 Å². The Kier molecular flexibility index (Phi) is 15.7. The molecule has 236 valence electrons. The SMILES string of the molecule is COC(=O)C(Cc1ccccc1)NC(=O)[C@H](C)CC(=O)OC(C)(C)C.COC(=O)[C@H](Cc1ccccc1)NC(=O)[C@H](C)N. The maximum atomic E-state index is 12.3. The monoisotopic (exact) mass is 599 g/mol. The number of amides is 2. The van der Waals surface area contributed by atoms with Crippen molar-refractivity contribution in [1.29, 1.82) is 0 Å². The van der Waals surface area contributed by atoms with Crippen molar-refractivity contribution in [2.45, 2.75) is 77.6 Å². The Morgan fingerprint density at radius 3 is 1.47 bits per heavy atom. The molecule has 0 saturated heterocycles. The van der Waals surface area contributed by atoms with Gasteiger partial charge in [0.1, 0.15) is 17.7 Å². The quantitative estimate of drug-likeness (QED) is 0.246. The van der Waals surface area contributed by atoms with Gasteiger partial charge in [-0.3, -0.25) is 14.4 Å². The summed E-state index contributed by atoms with van der Waals surface area (Å²) < 4.78 is 14.7. The van der Waals surface area contributed by atoms with Crippen LogP contribution in [0.15, 0.2) is 60.7 Å². The lowest BCUT2D eigenvalue weighted by molar-refractivity contribution is -0.157. The minimum absolute atomic E-state index is 0.0532. The summed E-state index contributed by atoms with van der Waals surface area (Å²) in [4.78, 5) is 59.3. The molecule has 11 heteroatoms. The molecule has 0 aliphatic heterocycles. The number of benzene rings is 2. The van der Waals surface area contributed by atoms with Crippen LogP contribution in [0, 0.1) is 5.92 Å². The number of methoxy groups -OCH3 is 2. The van der Waals surface area contributed by atoms with E-state index in [9.17, 15) is 24.0 Å². The average Bonchev–Trinajstić information content (AvgIpc) is 2.95. The predicted molar refractivity (Wildman–Crippen MR) is 161 cm³/mol. The lowest BCUT2D eigenvalue weighted by Gasteiger charge is -2.22. The van der Waals surface area contributed by atoms with Crippen LogP contribution in [-0.2, 0) is 51.0 Å². The van der Waals surface area contributed by atoms with E-state index in [0.717, 1.165) is 11.1 Å². The van der Waals surface area contributed by atoms with Crippen LogP contribution in [-0.4, -0.2) is 67.7 Å². The van der Waals surface area contributed by atoms with E-state index >= 15 is 0 Å². The molecule has 0 radical (unpaired) electrons. The van der Waals surface area contributed by atoms with Gasteiger partial charge in [-0.1, -0.05) is 67.6 Å². The number of rotatable bonds is 12. The first-order valence-corrected chi connectivity index (χ1v) is 14.0. The van der Waals surface area contributed by atoms with Gasteiger partial charge in [-0.15, -0.1) is 0 Å². The molecule has 0 heterocycles. The number of nitrogens with one attached hydrogen (secondary N) is 2. The van der Waals surface area contributed by atoms with Gasteiger partial charge >= 0.3 is 17.9 Å². The summed E-state index contributed by atoms with van der Waals surface area (Å²) in [7, 11) is 2.56. The first-order chi connectivity index (χ1) is 20.2. The van der Waals surface area contributed by atoms with E-state index in [0.29, 0.717) is 12.8 Å². The molecule has 0 saturated carbocycles. The van der Waals surface area contributed by atoms with Gasteiger partial charge in [0.15, 0.2) is 0 Å². The zero-order valence-corrected chi connectivity index (χ0v) is 26.0. The average molecular weight is 600 g/mol. The standard InChI is InChI=1S/C19H27NO5.C13H18N2O3/c1-13(11-16(21)25-19(2,3)4)17(22)20-15(18(23)24-5)12-14-9-7-6-8-10-14;1-9(14)12(16)15-11(13(17)18-2)8-10-6-4-3-5-7-10/h6-10,13,15H,11-12H2,1-5H3,(H,20,22);3-7,9,11H,8,14H2,1-2H3,(H,15,16)/t13-,15?;9-,11-/m10/s1. The first kappa shape index (κ1) is 36.8. The largest absolute Gasteiger partial charge is 0.467 e. The van der Waals surface area contributed by atoms with Crippen LogP contribution < -0.4 is 16.4 Å². The normalized spacial score (nSPS) is 13.5. The third-order valence-corrected chi connectivity index (χ3v) is 5.92. The smallest absolute Gasteiger partial charge is 0.328 e. The second kappa shape index (κ2) is 18.3. The summed E-state index contributed by atoms with van der Waals surface area (Å²) >= 11 is 0. The van der Waals surface area contributed by atoms with Crippen LogP contribution in [0.5, 0.6) is 0 Å². The van der Waals surface area contributed by atoms with E-state index in [-0.39, 0.29) is 12.3 Å². The summed E-state index contributed by atoms with van der Waals surface area (Å²) in [6.07, 6.45) is 0.646. The molecular weight excluding hydrogens is 554 g/mol. The zero-order chi connectivity index (χ0) is 32.6. The Morgan fingerprint density at radius 1 is 0.721 bits per heavy atom. The van der Waals surface area contributed by atoms with Crippen LogP contribution in [0.4, 0.5) is 0 Å². The van der Waals surface area contributed by atoms with Gasteiger partial charge in [0, 0.05) is 18.8 Å². The molecule has 0 bridgehead atoms. The van der Waals surface area contributed by atoms with Crippen molar-refractivity contribution < 1.29 is 38.2 Å². The van der Waals surface area contributed by atoms with Gasteiger partial charge in [-0.05, 0) is 38.8 Å². The van der Waals surface area contributed by atoms with Crippen molar-refractivity contribution in [3.05, 3.63) is 71.8 Å². The molecule has 2 aromatic rings. The van der Waals surface area contributed by atoms with Gasteiger partial charge < -0.3 is 30.6 Å². The molecule has 11 nitrogen and oxygen atoms in total. The fourth-order valence-corrected chi connectivity index (χ4v) is 3.71. The highest BCUT2D eigenvalue weighted by Crippen LogP contribution is 2.13. The lowest BCUT2D eigenvalue weighted by atomic mass is 10.0. The number of carbonyl (C=O) groups is 5. The number of esters is 3. The minimum atomic E-state index is -0.805. The second-order valence-corrected chi connectivity index (χ2v) is 11.0. The number of ether oxygens (including phenoxy) is 3. The maximum absolute atomic E-state index is 12.3. The van der Waals surface area contributed by atoms with Crippen LogP contribution in [0.1, 0.15) is 52.2 Å². The number of nitrogens with two attached hydrogens (primary N) is 1. The number of carbonyl (C=O) groups excluding carboxylic acids is 5. The third-order valence-electron chi connectivity index (χ3n) is 5.92. The highest BCUT2D eigenvalue weighted by atomic mass is 16.6. The second-order valence-electron chi connectivity index (χ2n) is 11.0. The molecule has 0 aliphatic carbocycles. The van der Waals surface area contributed by atoms with E-state index in [2.05, 4.69) is 15.4 Å². The van der Waals surface area contributed by atoms with E-state index in [1.54, 1.807) is 34.6 Å². The summed E-state index contributed by atoms with van der Waals surface area (Å²) in [5, 5.41) is 5.24. The van der Waals surface area contributed by atoms with Gasteiger partial charge in [0.05, 0.1) is 26.7 Å². The maximum Gasteiger partial charge on any atom is 0.328 e. The summed E-state index contributed by atoms with van der Waals surface area (Å²) in [5.41, 5.74) is 6.70. The Labute approximate surface area is 253 Å². The lowest BCUT2D eigenvalue weighted by Crippen LogP contribution is -2.48. The minimum Gasteiger partial charge on any atom is -0.467 e. The molecule has 2 amide bonds. The highest BCUT2D eigenvalue weighted by Gasteiger charge is 2.27. The molecule has 4 N–H and O–H groups in total. The molecule has 4 atom stereocenters. The fourth-order valence-electron chi connectivity index (χ4n) is 3.71. The molecule has 0 aromatic heterocycles. The molecule has 2 rings (SSSR count). The molecule has 2 aromatic carbocycles. The summed E-state index contributed by atoms with van der Waals surface area (Å²) in [5.74, 6) is -2.83. The van der Waals surface area contributed by atoms with E-state index < -0.39 is 53.5 Å². The number of hydrogen-bond donors (Lipinski definition) is 3. The van der Waals surface area contributed by atoms with Crippen LogP contribution in [0.2, 0.25) is 0 Å². The van der Waals surface area contributed by atoms with E-state index in [4.69, 9.17) is 15.2 Å². The highest BCUT2D eigenvalue weighted by molar-refractivity contribution is 5.88. The topological polar surface area (TPSA) is 163 Å². The fraction of sp³-hybridized carbons (Fsp3) is 0.469. The molecule has 0 spiro atoms. The first-order valence-electron chi connectivity index (χ1n) is 14.0. The van der Waals surface area contributed by atoms with Crippen molar-refractivity contribution in [3.63, 3.8) is 0 Å². The predicted octanol–water partition coefficient (Wildman–Crippen LogP) is 2.49. The molecule has 0 fully saturated rings. The van der Waals surface area contributed by atoms with Crippen molar-refractivity contribution in [1.82, 2.24) is 10.6 Å². The van der Waals surface area contributed by atoms with Crippen molar-refractivity contribution >= 4 is 29.7 Å². The van der Waals surface area contributed by atoms with Crippen molar-refractivity contribution in [3.8, 4) is 0 Å². The van der Waals surface area contributed by atoms with Gasteiger partial charge in [0.25, 0.3) is 0 Å². The summed E-state index contributed by atoms with van der Waals surface area (Å²) in [6, 6.07) is 16.5. The molecular formula is C32H45N3O8. The van der Waals surface area contributed by atoms with Crippen molar-refractivity contribution in [2.24, 2.45) is 11.7 Å². The Balaban J connectivity index is 0.000000453. The Bertz CT molecular complexity index is 1180. The third kappa shape index (κ3) is 15.0. The van der Waals surface area contributed by atoms with Gasteiger partial charge in [-0.25, -0.2) is 9.59 Å². The molecule has 43 heavy (non-hydrogen) atoms. The van der Waals surface area contributed by atoms with Gasteiger partial charge in [0.2, 0.25) is 11.8 Å². The number of hydrogen-bond acceptors (Lipinski definition) is 9. The molecule has 0 aliphatic rings. The zero-order valence-electron chi connectivity index (χ0n) is 26.0. The van der Waals surface area contributed by atoms with E-state index in [1.165, 1.54) is 14.2 Å². The Morgan fingerprint density at radius 2 is 1.12 bits per heavy atom. The van der Waals surface area contributed by atoms with Gasteiger partial charge in [-0.2, -0.15) is 0 Å².